The second kappa shape index (κ2) is 14.8. The molecule has 0 N–H and O–H groups in total. The summed E-state index contributed by atoms with van der Waals surface area (Å²) in [5.41, 5.74) is 4.00. The first kappa shape index (κ1) is 28.0. The molecule has 3 aromatic rings. The zero-order chi connectivity index (χ0) is 26.6. The van der Waals surface area contributed by atoms with Crippen LogP contribution in [0.5, 0.6) is 17.2 Å². The van der Waals surface area contributed by atoms with Crippen LogP contribution in [0.2, 0.25) is 0 Å². The Morgan fingerprint density at radius 2 is 0.684 bits per heavy atom. The average molecular weight is 518 g/mol. The average Bonchev–Trinajstić information content (AvgIpc) is 3.00. The number of ether oxygens (including phenoxy) is 3. The van der Waals surface area contributed by atoms with E-state index in [4.69, 9.17) is 14.2 Å². The van der Waals surface area contributed by atoms with Crippen molar-refractivity contribution in [2.24, 2.45) is 0 Å². The Bertz CT molecular complexity index is 1010. The van der Waals surface area contributed by atoms with E-state index >= 15 is 0 Å². The summed E-state index contributed by atoms with van der Waals surface area (Å²) in [5.74, 6) is 2.73. The van der Waals surface area contributed by atoms with Gasteiger partial charge in [0.25, 0.3) is 0 Å². The van der Waals surface area contributed by atoms with Crippen molar-refractivity contribution in [3.63, 3.8) is 0 Å². The molecule has 6 nitrogen and oxygen atoms in total. The topological polar surface area (TPSA) is 37.4 Å². The Morgan fingerprint density at radius 3 is 0.947 bits per heavy atom. The van der Waals surface area contributed by atoms with Crippen LogP contribution in [-0.4, -0.2) is 75.3 Å². The Morgan fingerprint density at radius 1 is 0.421 bits per heavy atom. The van der Waals surface area contributed by atoms with E-state index in [9.17, 15) is 0 Å². The summed E-state index contributed by atoms with van der Waals surface area (Å²) in [5, 5.41) is 0. The lowest BCUT2D eigenvalue weighted by molar-refractivity contribution is 0.194. The summed E-state index contributed by atoms with van der Waals surface area (Å²) < 4.78 is 16.1. The summed E-state index contributed by atoms with van der Waals surface area (Å²) >= 11 is 0. The molecular weight excluding hydrogens is 474 g/mol. The minimum atomic E-state index is 0.908. The molecule has 3 aromatic carbocycles. The molecule has 0 saturated carbocycles. The maximum atomic E-state index is 5.36. The van der Waals surface area contributed by atoms with E-state index in [1.54, 1.807) is 21.3 Å². The van der Waals surface area contributed by atoms with E-state index in [0.29, 0.717) is 0 Å². The molecule has 0 spiro atoms. The van der Waals surface area contributed by atoms with Gasteiger partial charge in [-0.3, -0.25) is 14.7 Å². The van der Waals surface area contributed by atoms with Gasteiger partial charge in [0.2, 0.25) is 0 Å². The van der Waals surface area contributed by atoms with E-state index < -0.39 is 0 Å². The van der Waals surface area contributed by atoms with Crippen LogP contribution in [0.25, 0.3) is 0 Å². The lowest BCUT2D eigenvalue weighted by Gasteiger charge is -2.27. The molecule has 0 bridgehead atoms. The highest BCUT2D eigenvalue weighted by molar-refractivity contribution is 5.28. The van der Waals surface area contributed by atoms with Crippen LogP contribution in [0.15, 0.2) is 72.8 Å². The fourth-order valence-electron chi connectivity index (χ4n) is 5.10. The second-order valence-corrected chi connectivity index (χ2v) is 10.1. The van der Waals surface area contributed by atoms with Gasteiger partial charge in [-0.15, -0.1) is 0 Å². The minimum Gasteiger partial charge on any atom is -0.497 e. The fraction of sp³-hybridized carbons (Fsp3) is 0.438. The van der Waals surface area contributed by atoms with Gasteiger partial charge < -0.3 is 14.2 Å². The van der Waals surface area contributed by atoms with E-state index in [0.717, 1.165) is 89.0 Å². The summed E-state index contributed by atoms with van der Waals surface area (Å²) in [6.45, 7) is 9.37. The van der Waals surface area contributed by atoms with Gasteiger partial charge in [-0.05, 0) is 92.1 Å². The summed E-state index contributed by atoms with van der Waals surface area (Å²) in [6, 6.07) is 25.5. The minimum absolute atomic E-state index is 0.908. The number of hydrogen-bond donors (Lipinski definition) is 0. The SMILES string of the molecule is COc1ccc(CN2CCCN(Cc3ccc(OC)cc3)CCN(Cc3ccc(OC)cc3)CCC2)cc1. The van der Waals surface area contributed by atoms with Crippen molar-refractivity contribution < 1.29 is 14.2 Å². The van der Waals surface area contributed by atoms with E-state index in [1.165, 1.54) is 16.7 Å². The Balaban J connectivity index is 1.44. The third-order valence-corrected chi connectivity index (χ3v) is 7.33. The summed E-state index contributed by atoms with van der Waals surface area (Å²) in [4.78, 5) is 7.84. The predicted octanol–water partition coefficient (Wildman–Crippen LogP) is 5.31. The van der Waals surface area contributed by atoms with Crippen molar-refractivity contribution in [2.45, 2.75) is 32.5 Å². The van der Waals surface area contributed by atoms with Crippen molar-refractivity contribution in [3.8, 4) is 17.2 Å². The molecule has 1 saturated heterocycles. The molecule has 0 amide bonds. The maximum Gasteiger partial charge on any atom is 0.118 e. The van der Waals surface area contributed by atoms with Gasteiger partial charge in [-0.25, -0.2) is 0 Å². The molecule has 6 heteroatoms. The monoisotopic (exact) mass is 517 g/mol. The third kappa shape index (κ3) is 8.76. The predicted molar refractivity (Wildman–Crippen MR) is 154 cm³/mol. The van der Waals surface area contributed by atoms with Gasteiger partial charge in [0.1, 0.15) is 17.2 Å². The van der Waals surface area contributed by atoms with Crippen molar-refractivity contribution in [1.82, 2.24) is 14.7 Å². The molecular formula is C32H43N3O3. The van der Waals surface area contributed by atoms with Crippen molar-refractivity contribution in [2.75, 3.05) is 60.6 Å². The van der Waals surface area contributed by atoms with Crippen LogP contribution in [0.1, 0.15) is 29.5 Å². The number of rotatable bonds is 9. The summed E-state index contributed by atoms with van der Waals surface area (Å²) in [6.07, 6.45) is 2.32. The second-order valence-electron chi connectivity index (χ2n) is 10.1. The fourth-order valence-corrected chi connectivity index (χ4v) is 5.10. The molecule has 0 atom stereocenters. The quantitative estimate of drug-likeness (QED) is 0.383. The Labute approximate surface area is 228 Å². The molecule has 4 rings (SSSR count). The lowest BCUT2D eigenvalue weighted by atomic mass is 10.2. The molecule has 0 unspecified atom stereocenters. The normalized spacial score (nSPS) is 16.5. The number of hydrogen-bond acceptors (Lipinski definition) is 6. The van der Waals surface area contributed by atoms with Crippen LogP contribution < -0.4 is 14.2 Å². The Kier molecular flexibility index (Phi) is 10.9. The molecule has 204 valence electrons. The van der Waals surface area contributed by atoms with Crippen LogP contribution in [0.4, 0.5) is 0 Å². The highest BCUT2D eigenvalue weighted by atomic mass is 16.5. The van der Waals surface area contributed by atoms with Crippen LogP contribution >= 0.6 is 0 Å². The van der Waals surface area contributed by atoms with Gasteiger partial charge >= 0.3 is 0 Å². The van der Waals surface area contributed by atoms with E-state index in [-0.39, 0.29) is 0 Å². The molecule has 1 aliphatic heterocycles. The highest BCUT2D eigenvalue weighted by Gasteiger charge is 2.15. The zero-order valence-electron chi connectivity index (χ0n) is 23.3. The molecule has 0 aromatic heterocycles. The van der Waals surface area contributed by atoms with Crippen molar-refractivity contribution in [3.05, 3.63) is 89.5 Å². The smallest absolute Gasteiger partial charge is 0.118 e. The van der Waals surface area contributed by atoms with Gasteiger partial charge in [-0.1, -0.05) is 36.4 Å². The molecule has 1 aliphatic rings. The van der Waals surface area contributed by atoms with Crippen LogP contribution in [0, 0.1) is 0 Å². The molecule has 0 aliphatic carbocycles. The van der Waals surface area contributed by atoms with Crippen LogP contribution in [-0.2, 0) is 19.6 Å². The first-order valence-electron chi connectivity index (χ1n) is 13.7. The molecule has 1 fully saturated rings. The van der Waals surface area contributed by atoms with Gasteiger partial charge in [-0.2, -0.15) is 0 Å². The van der Waals surface area contributed by atoms with E-state index in [1.807, 2.05) is 0 Å². The van der Waals surface area contributed by atoms with Gasteiger partial charge in [0.15, 0.2) is 0 Å². The summed E-state index contributed by atoms with van der Waals surface area (Å²) in [7, 11) is 5.16. The van der Waals surface area contributed by atoms with Crippen LogP contribution in [0.3, 0.4) is 0 Å². The third-order valence-electron chi connectivity index (χ3n) is 7.33. The van der Waals surface area contributed by atoms with Crippen molar-refractivity contribution in [1.29, 1.82) is 0 Å². The molecule has 0 radical (unpaired) electrons. The number of nitrogens with zero attached hydrogens (tertiary/aromatic N) is 3. The van der Waals surface area contributed by atoms with Gasteiger partial charge in [0, 0.05) is 32.7 Å². The standard InChI is InChI=1S/C32H43N3O3/c1-36-30-12-6-27(7-13-30)24-33-18-4-20-34(25-28-8-14-31(37-2)15-9-28)22-23-35(21-5-19-33)26-29-10-16-32(38-3)17-11-29/h6-17H,4-5,18-26H2,1-3H3. The molecule has 1 heterocycles. The number of methoxy groups -OCH3 is 3. The largest absolute Gasteiger partial charge is 0.497 e. The number of benzene rings is 3. The van der Waals surface area contributed by atoms with Gasteiger partial charge in [0.05, 0.1) is 21.3 Å². The molecule has 38 heavy (non-hydrogen) atoms. The maximum absolute atomic E-state index is 5.36. The lowest BCUT2D eigenvalue weighted by Crippen LogP contribution is -2.35. The van der Waals surface area contributed by atoms with E-state index in [2.05, 4.69) is 87.5 Å². The Hall–Kier alpha value is -3.06. The first-order valence-corrected chi connectivity index (χ1v) is 13.7. The van der Waals surface area contributed by atoms with Crippen molar-refractivity contribution >= 4 is 0 Å². The zero-order valence-corrected chi connectivity index (χ0v) is 23.3. The highest BCUT2D eigenvalue weighted by Crippen LogP contribution is 2.17. The first-order chi connectivity index (χ1) is 18.6.